The molecule has 166 valence electrons. The monoisotopic (exact) mass is 433 g/mol. The molecule has 1 saturated heterocycles. The SMILES string of the molecule is CCN1CCN(CCOc2ccc3oc(-c4cc5cccn5cn4)cc(=NO)c3c2)CC1. The number of piperazine rings is 1. The summed E-state index contributed by atoms with van der Waals surface area (Å²) in [5.41, 5.74) is 2.29. The van der Waals surface area contributed by atoms with Crippen molar-refractivity contribution in [2.24, 2.45) is 5.16 Å². The fourth-order valence-electron chi connectivity index (χ4n) is 4.14. The van der Waals surface area contributed by atoms with Crippen molar-refractivity contribution in [3.8, 4) is 17.2 Å². The van der Waals surface area contributed by atoms with Crippen LogP contribution in [0.4, 0.5) is 0 Å². The first-order chi connectivity index (χ1) is 15.7. The van der Waals surface area contributed by atoms with Crippen LogP contribution in [0.5, 0.6) is 5.75 Å². The van der Waals surface area contributed by atoms with Gasteiger partial charge in [0.2, 0.25) is 0 Å². The Morgan fingerprint density at radius 2 is 1.94 bits per heavy atom. The van der Waals surface area contributed by atoms with Gasteiger partial charge in [-0.15, -0.1) is 0 Å². The minimum Gasteiger partial charge on any atom is -0.492 e. The molecule has 4 heterocycles. The fourth-order valence-corrected chi connectivity index (χ4v) is 4.14. The first-order valence-electron chi connectivity index (χ1n) is 11.0. The van der Waals surface area contributed by atoms with Crippen LogP contribution in [0.3, 0.4) is 0 Å². The lowest BCUT2D eigenvalue weighted by Crippen LogP contribution is -2.47. The summed E-state index contributed by atoms with van der Waals surface area (Å²) in [6, 6.07) is 13.2. The standard InChI is InChI=1S/C24H27N5O3/c1-2-27-8-10-28(11-9-27)12-13-31-19-5-6-23-20(15-19)21(26-30)16-24(32-23)22-14-18-4-3-7-29(18)17-25-22/h3-7,14-17,30H,2,8-13H2,1H3. The fraction of sp³-hybridized carbons (Fsp3) is 0.333. The predicted molar refractivity (Wildman–Crippen MR) is 122 cm³/mol. The zero-order valence-electron chi connectivity index (χ0n) is 18.1. The number of ether oxygens (including phenoxy) is 1. The molecule has 8 heteroatoms. The van der Waals surface area contributed by atoms with Crippen LogP contribution in [-0.2, 0) is 0 Å². The number of rotatable bonds is 6. The minimum absolute atomic E-state index is 0.416. The second-order valence-corrected chi connectivity index (χ2v) is 7.99. The van der Waals surface area contributed by atoms with Gasteiger partial charge in [-0.1, -0.05) is 12.1 Å². The van der Waals surface area contributed by atoms with Crippen molar-refractivity contribution in [1.82, 2.24) is 19.2 Å². The Hall–Kier alpha value is -3.36. The van der Waals surface area contributed by atoms with Gasteiger partial charge in [0.15, 0.2) is 5.76 Å². The number of fused-ring (bicyclic) bond motifs is 2. The average molecular weight is 434 g/mol. The lowest BCUT2D eigenvalue weighted by Gasteiger charge is -2.33. The lowest BCUT2D eigenvalue weighted by atomic mass is 10.2. The molecule has 1 fully saturated rings. The zero-order chi connectivity index (χ0) is 21.9. The Morgan fingerprint density at radius 3 is 2.75 bits per heavy atom. The van der Waals surface area contributed by atoms with Crippen LogP contribution in [0, 0.1) is 0 Å². The predicted octanol–water partition coefficient (Wildman–Crippen LogP) is 3.05. The molecule has 0 atom stereocenters. The Morgan fingerprint density at radius 1 is 1.09 bits per heavy atom. The summed E-state index contributed by atoms with van der Waals surface area (Å²) in [6.45, 7) is 9.21. The third kappa shape index (κ3) is 4.19. The molecule has 3 aromatic heterocycles. The van der Waals surface area contributed by atoms with Crippen LogP contribution in [0.2, 0.25) is 0 Å². The van der Waals surface area contributed by atoms with Gasteiger partial charge in [0.05, 0.1) is 11.7 Å². The molecule has 0 radical (unpaired) electrons. The normalized spacial score (nSPS) is 16.2. The summed E-state index contributed by atoms with van der Waals surface area (Å²) in [5, 5.41) is 14.2. The third-order valence-electron chi connectivity index (χ3n) is 6.08. The van der Waals surface area contributed by atoms with Crippen LogP contribution >= 0.6 is 0 Å². The molecule has 8 nitrogen and oxygen atoms in total. The van der Waals surface area contributed by atoms with Crippen LogP contribution in [0.1, 0.15) is 6.92 Å². The van der Waals surface area contributed by atoms with Crippen molar-refractivity contribution in [3.63, 3.8) is 0 Å². The molecule has 4 aromatic rings. The zero-order valence-corrected chi connectivity index (χ0v) is 18.1. The Kier molecular flexibility index (Phi) is 5.79. The van der Waals surface area contributed by atoms with Gasteiger partial charge in [0, 0.05) is 50.5 Å². The van der Waals surface area contributed by atoms with E-state index in [0.717, 1.165) is 50.5 Å². The third-order valence-corrected chi connectivity index (χ3v) is 6.08. The Labute approximate surface area is 186 Å². The van der Waals surface area contributed by atoms with Crippen molar-refractivity contribution in [1.29, 1.82) is 0 Å². The Bertz CT molecular complexity index is 1290. The van der Waals surface area contributed by atoms with Gasteiger partial charge in [-0.2, -0.15) is 0 Å². The first-order valence-corrected chi connectivity index (χ1v) is 11.0. The topological polar surface area (TPSA) is 78.7 Å². The van der Waals surface area contributed by atoms with Gasteiger partial charge in [-0.25, -0.2) is 4.98 Å². The van der Waals surface area contributed by atoms with E-state index in [9.17, 15) is 5.21 Å². The molecule has 0 unspecified atom stereocenters. The molecule has 0 bridgehead atoms. The van der Waals surface area contributed by atoms with Crippen molar-refractivity contribution in [3.05, 3.63) is 60.3 Å². The average Bonchev–Trinajstić information content (AvgIpc) is 3.32. The largest absolute Gasteiger partial charge is 0.492 e. The van der Waals surface area contributed by atoms with E-state index >= 15 is 0 Å². The number of benzene rings is 1. The molecule has 1 aliphatic rings. The molecule has 0 saturated carbocycles. The van der Waals surface area contributed by atoms with Gasteiger partial charge < -0.3 is 23.7 Å². The molecule has 0 amide bonds. The molecular weight excluding hydrogens is 406 g/mol. The summed E-state index contributed by atoms with van der Waals surface area (Å²) in [4.78, 5) is 9.35. The number of nitrogens with zero attached hydrogens (tertiary/aromatic N) is 5. The molecule has 0 aliphatic carbocycles. The van der Waals surface area contributed by atoms with Gasteiger partial charge in [-0.05, 0) is 42.9 Å². The van der Waals surface area contributed by atoms with E-state index in [2.05, 4.69) is 26.9 Å². The highest BCUT2D eigenvalue weighted by molar-refractivity contribution is 5.80. The highest BCUT2D eigenvalue weighted by Gasteiger charge is 2.15. The lowest BCUT2D eigenvalue weighted by molar-refractivity contribution is 0.121. The summed E-state index contributed by atoms with van der Waals surface area (Å²) in [6.07, 6.45) is 3.67. The highest BCUT2D eigenvalue weighted by Crippen LogP contribution is 2.24. The molecule has 0 spiro atoms. The van der Waals surface area contributed by atoms with E-state index in [1.54, 1.807) is 12.4 Å². The maximum absolute atomic E-state index is 9.63. The van der Waals surface area contributed by atoms with E-state index in [4.69, 9.17) is 9.15 Å². The Balaban J connectivity index is 1.33. The van der Waals surface area contributed by atoms with Crippen molar-refractivity contribution in [2.75, 3.05) is 45.9 Å². The van der Waals surface area contributed by atoms with Gasteiger partial charge in [0.1, 0.15) is 29.0 Å². The van der Waals surface area contributed by atoms with E-state index < -0.39 is 0 Å². The quantitative estimate of drug-likeness (QED) is 0.372. The molecule has 1 aliphatic heterocycles. The van der Waals surface area contributed by atoms with E-state index in [0.29, 0.717) is 34.4 Å². The smallest absolute Gasteiger partial charge is 0.155 e. The second kappa shape index (κ2) is 9.02. The molecule has 1 N–H and O–H groups in total. The number of hydrogen-bond donors (Lipinski definition) is 1. The number of aromatic nitrogens is 2. The van der Waals surface area contributed by atoms with Gasteiger partial charge in [0.25, 0.3) is 0 Å². The minimum atomic E-state index is 0.416. The maximum atomic E-state index is 9.63. The highest BCUT2D eigenvalue weighted by atomic mass is 16.5. The van der Waals surface area contributed by atoms with Gasteiger partial charge in [-0.3, -0.25) is 4.90 Å². The van der Waals surface area contributed by atoms with Gasteiger partial charge >= 0.3 is 0 Å². The number of likely N-dealkylation sites (N-methyl/N-ethyl adjacent to an activating group) is 1. The summed E-state index contributed by atoms with van der Waals surface area (Å²) in [7, 11) is 0. The summed E-state index contributed by atoms with van der Waals surface area (Å²) < 4.78 is 14.0. The molecule has 1 aromatic carbocycles. The van der Waals surface area contributed by atoms with E-state index in [1.165, 1.54) is 0 Å². The maximum Gasteiger partial charge on any atom is 0.155 e. The van der Waals surface area contributed by atoms with Crippen molar-refractivity contribution >= 4 is 16.5 Å². The van der Waals surface area contributed by atoms with Crippen LogP contribution in [0.25, 0.3) is 27.9 Å². The molecule has 32 heavy (non-hydrogen) atoms. The van der Waals surface area contributed by atoms with E-state index in [1.807, 2.05) is 47.0 Å². The van der Waals surface area contributed by atoms with E-state index in [-0.39, 0.29) is 0 Å². The van der Waals surface area contributed by atoms with Crippen LogP contribution < -0.4 is 10.1 Å². The summed E-state index contributed by atoms with van der Waals surface area (Å²) >= 11 is 0. The van der Waals surface area contributed by atoms with Crippen LogP contribution in [-0.4, -0.2) is 70.3 Å². The summed E-state index contributed by atoms with van der Waals surface area (Å²) in [5.74, 6) is 1.26. The first kappa shape index (κ1) is 20.5. The second-order valence-electron chi connectivity index (χ2n) is 7.99. The molecule has 5 rings (SSSR count). The molecular formula is C24H27N5O3. The number of hydrogen-bond acceptors (Lipinski definition) is 7. The van der Waals surface area contributed by atoms with Crippen LogP contribution in [0.15, 0.2) is 64.6 Å². The van der Waals surface area contributed by atoms with Crippen molar-refractivity contribution in [2.45, 2.75) is 6.92 Å². The van der Waals surface area contributed by atoms with Crippen molar-refractivity contribution < 1.29 is 14.4 Å².